The third-order valence-corrected chi connectivity index (χ3v) is 11.5. The minimum absolute atomic E-state index is 0.292. The molecule has 10 rings (SSSR count). The lowest BCUT2D eigenvalue weighted by atomic mass is 9.95. The fraction of sp³-hybridized carbons (Fsp3) is 0.0727. The predicted molar refractivity (Wildman–Crippen MR) is 246 cm³/mol. The van der Waals surface area contributed by atoms with Gasteiger partial charge in [0.05, 0.1) is 16.7 Å². The number of benzene rings is 8. The van der Waals surface area contributed by atoms with Gasteiger partial charge in [0, 0.05) is 38.6 Å². The third kappa shape index (κ3) is 6.64. The first kappa shape index (κ1) is 36.8. The van der Waals surface area contributed by atoms with E-state index in [1.165, 1.54) is 39.4 Å². The number of halogens is 1. The molecule has 0 fully saturated rings. The third-order valence-electron chi connectivity index (χ3n) is 11.5. The Morgan fingerprint density at radius 2 is 0.817 bits per heavy atom. The lowest BCUT2D eigenvalue weighted by molar-refractivity contribution is 0.631. The molecule has 0 unspecified atom stereocenters. The van der Waals surface area contributed by atoms with E-state index < -0.39 is 0 Å². The maximum absolute atomic E-state index is 16.0. The summed E-state index contributed by atoms with van der Waals surface area (Å²) in [6.07, 6.45) is 0. The highest BCUT2D eigenvalue weighted by molar-refractivity contribution is 6.12. The molecular weight excluding hydrogens is 736 g/mol. The Labute approximate surface area is 349 Å². The van der Waals surface area contributed by atoms with Crippen LogP contribution in [0.5, 0.6) is 0 Å². The Kier molecular flexibility index (Phi) is 9.22. The molecule has 0 N–H and O–H groups in total. The summed E-state index contributed by atoms with van der Waals surface area (Å²) in [4.78, 5) is 15.1. The summed E-state index contributed by atoms with van der Waals surface area (Å²) in [6, 6.07) is 59.8. The van der Waals surface area contributed by atoms with Crippen molar-refractivity contribution in [1.29, 1.82) is 0 Å². The molecule has 8 aromatic carbocycles. The molecule has 0 bridgehead atoms. The number of rotatable bonds is 7. The van der Waals surface area contributed by atoms with Crippen LogP contribution in [-0.2, 0) is 0 Å². The van der Waals surface area contributed by atoms with E-state index in [-0.39, 0.29) is 5.82 Å². The molecule has 0 saturated carbocycles. The van der Waals surface area contributed by atoms with Crippen LogP contribution in [0, 0.1) is 33.5 Å². The van der Waals surface area contributed by atoms with E-state index in [9.17, 15) is 0 Å². The summed E-state index contributed by atoms with van der Waals surface area (Å²) in [7, 11) is 0. The number of hydrogen-bond acceptors (Lipinski definition) is 3. The predicted octanol–water partition coefficient (Wildman–Crippen LogP) is 14.3. The van der Waals surface area contributed by atoms with Crippen LogP contribution in [0.2, 0.25) is 0 Å². The van der Waals surface area contributed by atoms with Crippen molar-refractivity contribution in [3.8, 4) is 73.2 Å². The summed E-state index contributed by atoms with van der Waals surface area (Å²) in [5.41, 5.74) is 16.3. The summed E-state index contributed by atoms with van der Waals surface area (Å²) in [5, 5.41) is 2.22. The van der Waals surface area contributed by atoms with Crippen LogP contribution < -0.4 is 0 Å². The quantitative estimate of drug-likeness (QED) is 0.162. The summed E-state index contributed by atoms with van der Waals surface area (Å²) in [6.45, 7) is 8.61. The van der Waals surface area contributed by atoms with Crippen molar-refractivity contribution in [3.05, 3.63) is 204 Å². The lowest BCUT2D eigenvalue weighted by Crippen LogP contribution is -2.02. The lowest BCUT2D eigenvalue weighted by Gasteiger charge is -2.17. The zero-order valence-corrected chi connectivity index (χ0v) is 33.9. The van der Waals surface area contributed by atoms with Gasteiger partial charge < -0.3 is 4.57 Å². The van der Waals surface area contributed by atoms with Crippen LogP contribution in [0.3, 0.4) is 0 Å². The van der Waals surface area contributed by atoms with Crippen LogP contribution in [0.1, 0.15) is 22.3 Å². The van der Waals surface area contributed by atoms with Gasteiger partial charge in [0.2, 0.25) is 0 Å². The van der Waals surface area contributed by atoms with Gasteiger partial charge in [-0.25, -0.2) is 19.3 Å². The second-order valence-corrected chi connectivity index (χ2v) is 15.7. The zero-order valence-electron chi connectivity index (χ0n) is 33.9. The van der Waals surface area contributed by atoms with Crippen molar-refractivity contribution < 1.29 is 4.39 Å². The Morgan fingerprint density at radius 3 is 1.32 bits per heavy atom. The van der Waals surface area contributed by atoms with Crippen LogP contribution in [0.25, 0.3) is 95.0 Å². The normalized spacial score (nSPS) is 11.4. The maximum Gasteiger partial charge on any atom is 0.164 e. The van der Waals surface area contributed by atoms with E-state index in [1.54, 1.807) is 6.07 Å². The summed E-state index contributed by atoms with van der Waals surface area (Å²) >= 11 is 0. The van der Waals surface area contributed by atoms with E-state index in [0.717, 1.165) is 60.9 Å². The van der Waals surface area contributed by atoms with Gasteiger partial charge in [0.25, 0.3) is 0 Å². The molecule has 0 aliphatic rings. The number of fused-ring (bicyclic) bond motifs is 3. The van der Waals surface area contributed by atoms with E-state index in [0.29, 0.717) is 23.0 Å². The van der Waals surface area contributed by atoms with Crippen LogP contribution in [0.4, 0.5) is 4.39 Å². The number of hydrogen-bond donors (Lipinski definition) is 0. The number of aryl methyl sites for hydroxylation is 4. The van der Waals surface area contributed by atoms with Gasteiger partial charge in [-0.1, -0.05) is 151 Å². The Balaban J connectivity index is 1.26. The average molecular weight is 777 g/mol. The zero-order chi connectivity index (χ0) is 40.9. The molecule has 5 heteroatoms. The molecule has 0 amide bonds. The van der Waals surface area contributed by atoms with E-state index in [4.69, 9.17) is 15.0 Å². The largest absolute Gasteiger partial charge is 0.309 e. The van der Waals surface area contributed by atoms with Gasteiger partial charge in [-0.3, -0.25) is 0 Å². The molecule has 0 radical (unpaired) electrons. The Morgan fingerprint density at radius 1 is 0.367 bits per heavy atom. The van der Waals surface area contributed by atoms with E-state index in [1.807, 2.05) is 84.9 Å². The van der Waals surface area contributed by atoms with Gasteiger partial charge >= 0.3 is 0 Å². The van der Waals surface area contributed by atoms with Crippen molar-refractivity contribution in [2.75, 3.05) is 0 Å². The fourth-order valence-electron chi connectivity index (χ4n) is 8.59. The average Bonchev–Trinajstić information content (AvgIpc) is 3.59. The molecule has 0 spiro atoms. The number of aromatic nitrogens is 4. The highest BCUT2D eigenvalue weighted by Gasteiger charge is 2.21. The van der Waals surface area contributed by atoms with Crippen molar-refractivity contribution in [2.24, 2.45) is 0 Å². The smallest absolute Gasteiger partial charge is 0.164 e. The Hall–Kier alpha value is -7.50. The molecule has 60 heavy (non-hydrogen) atoms. The highest BCUT2D eigenvalue weighted by atomic mass is 19.1. The van der Waals surface area contributed by atoms with Gasteiger partial charge in [-0.2, -0.15) is 0 Å². The number of nitrogens with zero attached hydrogens (tertiary/aromatic N) is 4. The van der Waals surface area contributed by atoms with Crippen LogP contribution in [0.15, 0.2) is 176 Å². The highest BCUT2D eigenvalue weighted by Crippen LogP contribution is 2.42. The van der Waals surface area contributed by atoms with Crippen molar-refractivity contribution in [2.45, 2.75) is 27.7 Å². The molecule has 0 saturated heterocycles. The summed E-state index contributed by atoms with van der Waals surface area (Å²) < 4.78 is 18.3. The van der Waals surface area contributed by atoms with Gasteiger partial charge in [-0.15, -0.1) is 0 Å². The van der Waals surface area contributed by atoms with Gasteiger partial charge in [-0.05, 0) is 97.5 Å². The second kappa shape index (κ2) is 15.0. The first-order valence-corrected chi connectivity index (χ1v) is 20.3. The second-order valence-electron chi connectivity index (χ2n) is 15.7. The topological polar surface area (TPSA) is 43.6 Å². The van der Waals surface area contributed by atoms with Crippen LogP contribution >= 0.6 is 0 Å². The molecule has 4 nitrogen and oxygen atoms in total. The monoisotopic (exact) mass is 776 g/mol. The molecular formula is C55H41FN4. The van der Waals surface area contributed by atoms with Gasteiger partial charge in [0.1, 0.15) is 5.82 Å². The molecule has 0 aliphatic carbocycles. The minimum atomic E-state index is -0.292. The maximum atomic E-state index is 16.0. The summed E-state index contributed by atoms with van der Waals surface area (Å²) in [5.74, 6) is 1.39. The SMILES string of the molecule is Cc1ccc(-c2ccc3c(c2)c2cc(-c4ccc(C)cc4C)ccc2n3-c2cc(-c3nc(-c4ccccc4)nc(-c4ccccc4)n3)ccc2-c2ccccc2F)c(C)c1. The molecule has 10 aromatic rings. The molecule has 0 atom stereocenters. The molecule has 288 valence electrons. The van der Waals surface area contributed by atoms with E-state index in [2.05, 4.69) is 111 Å². The first-order chi connectivity index (χ1) is 29.3. The van der Waals surface area contributed by atoms with Crippen molar-refractivity contribution in [1.82, 2.24) is 19.5 Å². The van der Waals surface area contributed by atoms with Crippen molar-refractivity contribution >= 4 is 21.8 Å². The van der Waals surface area contributed by atoms with Crippen molar-refractivity contribution in [3.63, 3.8) is 0 Å². The van der Waals surface area contributed by atoms with Gasteiger partial charge in [0.15, 0.2) is 17.5 Å². The van der Waals surface area contributed by atoms with E-state index >= 15 is 4.39 Å². The minimum Gasteiger partial charge on any atom is -0.309 e. The Bertz CT molecular complexity index is 3090. The molecule has 2 aromatic heterocycles. The van der Waals surface area contributed by atoms with Crippen LogP contribution in [-0.4, -0.2) is 19.5 Å². The fourth-order valence-corrected chi connectivity index (χ4v) is 8.59. The molecule has 0 aliphatic heterocycles. The first-order valence-electron chi connectivity index (χ1n) is 20.3. The standard InChI is InChI=1S/C55H41FN4/c1-34-19-24-43(36(3)29-34)40-22-27-50-47(31-40)48-32-41(44-25-20-35(2)30-37(44)4)23-28-51(48)60(50)52-33-42(21-26-46(52)45-17-11-12-18-49(45)56)55-58-53(38-13-7-5-8-14-38)57-54(59-55)39-15-9-6-10-16-39/h5-33H,1-4H3. The molecule has 2 heterocycles.